The molecule has 3 rings (SSSR count). The van der Waals surface area contributed by atoms with Crippen LogP contribution in [0.2, 0.25) is 0 Å². The summed E-state index contributed by atoms with van der Waals surface area (Å²) in [7, 11) is 0. The minimum atomic E-state index is 0. The first-order valence-electron chi connectivity index (χ1n) is 6.49. The Morgan fingerprint density at radius 3 is 2.57 bits per heavy atom. The summed E-state index contributed by atoms with van der Waals surface area (Å²) in [5.41, 5.74) is 3.99. The summed E-state index contributed by atoms with van der Waals surface area (Å²) in [5.74, 6) is 0. The van der Waals surface area contributed by atoms with E-state index >= 15 is 0 Å². The van der Waals surface area contributed by atoms with Gasteiger partial charge in [-0.1, -0.05) is 30.9 Å². The molecule has 21 heavy (non-hydrogen) atoms. The topological polar surface area (TPSA) is 26.1 Å². The third-order valence-electron chi connectivity index (χ3n) is 3.35. The van der Waals surface area contributed by atoms with E-state index in [1.54, 1.807) is 0 Å². The van der Waals surface area contributed by atoms with Gasteiger partial charge in [0.1, 0.15) is 19.0 Å². The smallest absolute Gasteiger partial charge is 0.286 e. The summed E-state index contributed by atoms with van der Waals surface area (Å²) in [6.07, 6.45) is 6.86. The van der Waals surface area contributed by atoms with Crippen LogP contribution in [0.25, 0.3) is 16.9 Å². The second kappa shape index (κ2) is 6.50. The molecule has 4 heteroatoms. The van der Waals surface area contributed by atoms with Crippen molar-refractivity contribution in [2.45, 2.75) is 6.54 Å². The van der Waals surface area contributed by atoms with Gasteiger partial charge in [-0.15, -0.1) is 0 Å². The summed E-state index contributed by atoms with van der Waals surface area (Å²) < 4.78 is 4.29. The van der Waals surface area contributed by atoms with Crippen molar-refractivity contribution >= 4 is 11.9 Å². The van der Waals surface area contributed by atoms with Crippen LogP contribution < -0.4 is 21.4 Å². The SMILES string of the molecule is C=CCn1c(-c2ccc(C=O)cc2)c[n+]2ccccc12.[Br-]. The fourth-order valence-electron chi connectivity index (χ4n) is 2.39. The van der Waals surface area contributed by atoms with Gasteiger partial charge in [-0.2, -0.15) is 0 Å². The zero-order valence-corrected chi connectivity index (χ0v) is 13.0. The van der Waals surface area contributed by atoms with E-state index in [1.165, 1.54) is 0 Å². The van der Waals surface area contributed by atoms with Gasteiger partial charge in [-0.05, 0) is 18.2 Å². The highest BCUT2D eigenvalue weighted by Gasteiger charge is 2.17. The fraction of sp³-hybridized carbons (Fsp3) is 0.0588. The molecule has 0 amide bonds. The summed E-state index contributed by atoms with van der Waals surface area (Å²) in [4.78, 5) is 10.7. The molecule has 0 spiro atoms. The molecule has 106 valence electrons. The summed E-state index contributed by atoms with van der Waals surface area (Å²) >= 11 is 0. The first kappa shape index (κ1) is 15.2. The fourth-order valence-corrected chi connectivity index (χ4v) is 2.39. The van der Waals surface area contributed by atoms with E-state index in [0.29, 0.717) is 5.56 Å². The van der Waals surface area contributed by atoms with E-state index in [1.807, 2.05) is 48.7 Å². The zero-order valence-electron chi connectivity index (χ0n) is 11.4. The largest absolute Gasteiger partial charge is 1.00 e. The molecule has 0 aliphatic carbocycles. The lowest BCUT2D eigenvalue weighted by atomic mass is 10.1. The zero-order chi connectivity index (χ0) is 13.9. The highest BCUT2D eigenvalue weighted by atomic mass is 79.9. The van der Waals surface area contributed by atoms with Gasteiger partial charge in [0.25, 0.3) is 5.65 Å². The minimum Gasteiger partial charge on any atom is -1.00 e. The van der Waals surface area contributed by atoms with E-state index in [-0.39, 0.29) is 17.0 Å². The number of aromatic nitrogens is 2. The van der Waals surface area contributed by atoms with Crippen LogP contribution in [-0.4, -0.2) is 10.9 Å². The van der Waals surface area contributed by atoms with Crippen LogP contribution in [0, 0.1) is 0 Å². The number of pyridine rings is 1. The normalized spacial score (nSPS) is 10.1. The van der Waals surface area contributed by atoms with Gasteiger partial charge in [-0.25, -0.2) is 8.97 Å². The molecule has 0 bridgehead atoms. The predicted octanol–water partition coefficient (Wildman–Crippen LogP) is -0.104. The number of benzene rings is 1. The molecule has 0 radical (unpaired) electrons. The Balaban J connectivity index is 0.00000161. The van der Waals surface area contributed by atoms with Crippen LogP contribution >= 0.6 is 0 Å². The molecule has 0 fully saturated rings. The lowest BCUT2D eigenvalue weighted by Gasteiger charge is -2.00. The lowest BCUT2D eigenvalue weighted by Crippen LogP contribution is -3.00. The van der Waals surface area contributed by atoms with Crippen molar-refractivity contribution in [1.82, 2.24) is 4.57 Å². The maximum Gasteiger partial charge on any atom is 0.286 e. The molecule has 0 saturated carbocycles. The molecule has 0 N–H and O–H groups in total. The first-order chi connectivity index (χ1) is 9.83. The monoisotopic (exact) mass is 342 g/mol. The van der Waals surface area contributed by atoms with Crippen molar-refractivity contribution in [2.75, 3.05) is 0 Å². The average Bonchev–Trinajstić information content (AvgIpc) is 2.87. The van der Waals surface area contributed by atoms with Crippen molar-refractivity contribution in [2.24, 2.45) is 0 Å². The quantitative estimate of drug-likeness (QED) is 0.369. The summed E-state index contributed by atoms with van der Waals surface area (Å²) in [6.45, 7) is 4.57. The van der Waals surface area contributed by atoms with Crippen molar-refractivity contribution in [3.63, 3.8) is 0 Å². The van der Waals surface area contributed by atoms with E-state index in [4.69, 9.17) is 0 Å². The maximum absolute atomic E-state index is 10.7. The van der Waals surface area contributed by atoms with Gasteiger partial charge < -0.3 is 17.0 Å². The van der Waals surface area contributed by atoms with Crippen molar-refractivity contribution in [3.05, 3.63) is 73.1 Å². The van der Waals surface area contributed by atoms with Crippen molar-refractivity contribution < 1.29 is 26.2 Å². The first-order valence-corrected chi connectivity index (χ1v) is 6.49. The molecule has 3 nitrogen and oxygen atoms in total. The number of nitrogens with zero attached hydrogens (tertiary/aromatic N) is 2. The van der Waals surface area contributed by atoms with Crippen LogP contribution in [0.4, 0.5) is 0 Å². The predicted molar refractivity (Wildman–Crippen MR) is 78.6 cm³/mol. The Kier molecular flexibility index (Phi) is 4.70. The number of rotatable bonds is 4. The third kappa shape index (κ3) is 2.81. The highest BCUT2D eigenvalue weighted by molar-refractivity contribution is 5.76. The van der Waals surface area contributed by atoms with Crippen LogP contribution in [0.3, 0.4) is 0 Å². The molecule has 0 unspecified atom stereocenters. The molecule has 2 aromatic heterocycles. The number of aldehydes is 1. The Labute approximate surface area is 133 Å². The van der Waals surface area contributed by atoms with E-state index in [2.05, 4.69) is 27.8 Å². The number of imidazole rings is 1. The van der Waals surface area contributed by atoms with Gasteiger partial charge in [0.15, 0.2) is 5.69 Å². The minimum absolute atomic E-state index is 0. The second-order valence-electron chi connectivity index (χ2n) is 4.62. The number of allylic oxidation sites excluding steroid dienone is 1. The van der Waals surface area contributed by atoms with E-state index in [0.717, 1.165) is 29.7 Å². The Bertz CT molecular complexity index is 775. The van der Waals surface area contributed by atoms with E-state index in [9.17, 15) is 4.79 Å². The highest BCUT2D eigenvalue weighted by Crippen LogP contribution is 2.21. The van der Waals surface area contributed by atoms with Crippen molar-refractivity contribution in [3.8, 4) is 11.3 Å². The van der Waals surface area contributed by atoms with Crippen molar-refractivity contribution in [1.29, 1.82) is 0 Å². The van der Waals surface area contributed by atoms with Crippen LogP contribution in [0.1, 0.15) is 10.4 Å². The maximum atomic E-state index is 10.7. The molecule has 3 aromatic rings. The van der Waals surface area contributed by atoms with Gasteiger partial charge in [0.2, 0.25) is 0 Å². The number of hydrogen-bond donors (Lipinski definition) is 0. The molecule has 2 heterocycles. The summed E-state index contributed by atoms with van der Waals surface area (Å²) in [6, 6.07) is 13.7. The standard InChI is InChI=1S/C17H15N2O.BrH/c1-2-10-19-16(12-18-11-4-3-5-17(18)19)15-8-6-14(13-20)7-9-15;/h2-9,11-13H,1,10H2;1H/q+1;/p-1. The second-order valence-corrected chi connectivity index (χ2v) is 4.62. The third-order valence-corrected chi connectivity index (χ3v) is 3.35. The molecule has 1 aromatic carbocycles. The Hall–Kier alpha value is -2.20. The summed E-state index contributed by atoms with van der Waals surface area (Å²) in [5, 5.41) is 0. The molecule has 0 saturated heterocycles. The van der Waals surface area contributed by atoms with Crippen LogP contribution in [0.5, 0.6) is 0 Å². The van der Waals surface area contributed by atoms with Gasteiger partial charge >= 0.3 is 0 Å². The number of hydrogen-bond acceptors (Lipinski definition) is 1. The number of carbonyl (C=O) groups is 1. The molecular formula is C17H15BrN2O. The molecule has 0 atom stereocenters. The molecule has 0 aliphatic heterocycles. The van der Waals surface area contributed by atoms with Crippen LogP contribution in [0.15, 0.2) is 67.5 Å². The van der Waals surface area contributed by atoms with Gasteiger partial charge in [0.05, 0.1) is 6.20 Å². The Morgan fingerprint density at radius 1 is 1.14 bits per heavy atom. The number of carbonyl (C=O) groups excluding carboxylic acids is 1. The van der Waals surface area contributed by atoms with Gasteiger partial charge in [0, 0.05) is 17.2 Å². The van der Waals surface area contributed by atoms with Gasteiger partial charge in [-0.3, -0.25) is 4.79 Å². The number of halogens is 1. The molecule has 0 aliphatic rings. The average molecular weight is 343 g/mol. The lowest BCUT2D eigenvalue weighted by molar-refractivity contribution is -0.510. The Morgan fingerprint density at radius 2 is 1.90 bits per heavy atom. The van der Waals surface area contributed by atoms with E-state index < -0.39 is 0 Å². The molecular weight excluding hydrogens is 328 g/mol. The van der Waals surface area contributed by atoms with Crippen LogP contribution in [-0.2, 0) is 6.54 Å². The number of fused-ring (bicyclic) bond motifs is 1.